The van der Waals surface area contributed by atoms with Crippen LogP contribution in [-0.2, 0) is 6.42 Å². The van der Waals surface area contributed by atoms with Gasteiger partial charge < -0.3 is 10.3 Å². The van der Waals surface area contributed by atoms with E-state index >= 15 is 0 Å². The number of aromatic nitrogens is 1. The fourth-order valence-corrected chi connectivity index (χ4v) is 2.25. The van der Waals surface area contributed by atoms with Gasteiger partial charge in [0.2, 0.25) is 0 Å². The molecule has 2 N–H and O–H groups in total. The molecule has 5 heteroatoms. The first-order chi connectivity index (χ1) is 8.52. The number of pyridine rings is 1. The Kier molecular flexibility index (Phi) is 3.32. The second kappa shape index (κ2) is 4.76. The lowest BCUT2D eigenvalue weighted by Gasteiger charge is -2.20. The number of hydrogen-bond donors (Lipinski definition) is 2. The van der Waals surface area contributed by atoms with Gasteiger partial charge in [-0.15, -0.1) is 0 Å². The Morgan fingerprint density at radius 3 is 2.83 bits per heavy atom. The van der Waals surface area contributed by atoms with Crippen molar-refractivity contribution in [3.63, 3.8) is 0 Å². The highest BCUT2D eigenvalue weighted by atomic mass is 16.2. The van der Waals surface area contributed by atoms with E-state index in [4.69, 9.17) is 0 Å². The number of hydrogen-bond acceptors (Lipinski definition) is 3. The first kappa shape index (κ1) is 12.5. The van der Waals surface area contributed by atoms with Gasteiger partial charge in [-0.2, -0.15) is 0 Å². The number of fused-ring (bicyclic) bond motifs is 1. The SMILES string of the molecule is CCNC(=O)c1cc2c([nH]c1=O)CC(C)CC2=O. The highest BCUT2D eigenvalue weighted by Gasteiger charge is 2.25. The molecular formula is C13H16N2O3. The molecule has 0 bridgehead atoms. The van der Waals surface area contributed by atoms with Gasteiger partial charge in [-0.05, 0) is 25.3 Å². The van der Waals surface area contributed by atoms with E-state index in [0.29, 0.717) is 30.6 Å². The zero-order valence-corrected chi connectivity index (χ0v) is 10.5. The van der Waals surface area contributed by atoms with E-state index in [1.165, 1.54) is 6.07 Å². The van der Waals surface area contributed by atoms with Gasteiger partial charge >= 0.3 is 0 Å². The number of ketones is 1. The monoisotopic (exact) mass is 248 g/mol. The van der Waals surface area contributed by atoms with E-state index in [0.717, 1.165) is 0 Å². The third kappa shape index (κ3) is 2.20. The molecule has 1 aromatic rings. The van der Waals surface area contributed by atoms with Crippen molar-refractivity contribution in [2.24, 2.45) is 5.92 Å². The number of rotatable bonds is 2. The van der Waals surface area contributed by atoms with Crippen LogP contribution >= 0.6 is 0 Å². The van der Waals surface area contributed by atoms with Gasteiger partial charge in [-0.25, -0.2) is 0 Å². The standard InChI is InChI=1S/C13H16N2O3/c1-3-14-12(17)9-6-8-10(15-13(9)18)4-7(2)5-11(8)16/h6-7H,3-5H2,1-2H3,(H,14,17)(H,15,18). The van der Waals surface area contributed by atoms with Gasteiger partial charge in [0, 0.05) is 24.2 Å². The minimum Gasteiger partial charge on any atom is -0.352 e. The van der Waals surface area contributed by atoms with Gasteiger partial charge in [0.05, 0.1) is 0 Å². The molecule has 1 heterocycles. The largest absolute Gasteiger partial charge is 0.352 e. The zero-order chi connectivity index (χ0) is 13.3. The van der Waals surface area contributed by atoms with E-state index < -0.39 is 11.5 Å². The first-order valence-electron chi connectivity index (χ1n) is 6.10. The van der Waals surface area contributed by atoms with Crippen LogP contribution in [0, 0.1) is 5.92 Å². The normalized spacial score (nSPS) is 18.3. The van der Waals surface area contributed by atoms with Crippen molar-refractivity contribution < 1.29 is 9.59 Å². The summed E-state index contributed by atoms with van der Waals surface area (Å²) in [6.45, 7) is 4.19. The fourth-order valence-electron chi connectivity index (χ4n) is 2.25. The minimum absolute atomic E-state index is 0.00875. The Morgan fingerprint density at radius 1 is 1.44 bits per heavy atom. The van der Waals surface area contributed by atoms with Crippen LogP contribution in [0.1, 0.15) is 46.7 Å². The second-order valence-electron chi connectivity index (χ2n) is 4.70. The van der Waals surface area contributed by atoms with Crippen LogP contribution in [-0.4, -0.2) is 23.2 Å². The molecular weight excluding hydrogens is 232 g/mol. The van der Waals surface area contributed by atoms with Gasteiger partial charge in [-0.3, -0.25) is 14.4 Å². The Hall–Kier alpha value is -1.91. The highest BCUT2D eigenvalue weighted by Crippen LogP contribution is 2.23. The van der Waals surface area contributed by atoms with Gasteiger partial charge in [0.1, 0.15) is 5.56 Å². The lowest BCUT2D eigenvalue weighted by Crippen LogP contribution is -2.32. The molecule has 0 aliphatic heterocycles. The van der Waals surface area contributed by atoms with Crippen LogP contribution in [0.5, 0.6) is 0 Å². The van der Waals surface area contributed by atoms with E-state index in [-0.39, 0.29) is 17.3 Å². The molecule has 1 aromatic heterocycles. The van der Waals surface area contributed by atoms with Crippen LogP contribution in [0.3, 0.4) is 0 Å². The number of H-pyrrole nitrogens is 1. The molecule has 1 amide bonds. The average Bonchev–Trinajstić information content (AvgIpc) is 2.27. The van der Waals surface area contributed by atoms with Crippen molar-refractivity contribution in [3.8, 4) is 0 Å². The molecule has 96 valence electrons. The van der Waals surface area contributed by atoms with Crippen molar-refractivity contribution in [2.45, 2.75) is 26.7 Å². The van der Waals surface area contributed by atoms with Crippen molar-refractivity contribution >= 4 is 11.7 Å². The summed E-state index contributed by atoms with van der Waals surface area (Å²) < 4.78 is 0. The van der Waals surface area contributed by atoms with Gasteiger partial charge in [0.25, 0.3) is 11.5 Å². The van der Waals surface area contributed by atoms with Crippen molar-refractivity contribution in [3.05, 3.63) is 33.2 Å². The second-order valence-corrected chi connectivity index (χ2v) is 4.70. The summed E-state index contributed by atoms with van der Waals surface area (Å²) in [5.74, 6) is -0.213. The zero-order valence-electron chi connectivity index (χ0n) is 10.5. The highest BCUT2D eigenvalue weighted by molar-refractivity contribution is 6.01. The molecule has 0 saturated carbocycles. The van der Waals surface area contributed by atoms with Gasteiger partial charge in [0.15, 0.2) is 5.78 Å². The minimum atomic E-state index is -0.437. The van der Waals surface area contributed by atoms with Crippen molar-refractivity contribution in [1.29, 1.82) is 0 Å². The summed E-state index contributed by atoms with van der Waals surface area (Å²) in [6, 6.07) is 1.42. The Morgan fingerprint density at radius 2 is 2.17 bits per heavy atom. The Labute approximate surface area is 105 Å². The lowest BCUT2D eigenvalue weighted by atomic mass is 9.86. The molecule has 0 radical (unpaired) electrons. The Bertz CT molecular complexity index is 560. The van der Waals surface area contributed by atoms with Crippen molar-refractivity contribution in [1.82, 2.24) is 10.3 Å². The number of carbonyl (C=O) groups excluding carboxylic acids is 2. The topological polar surface area (TPSA) is 79.0 Å². The van der Waals surface area contributed by atoms with E-state index in [9.17, 15) is 14.4 Å². The molecule has 2 rings (SSSR count). The third-order valence-corrected chi connectivity index (χ3v) is 3.09. The smallest absolute Gasteiger partial charge is 0.261 e. The third-order valence-electron chi connectivity index (χ3n) is 3.09. The predicted molar refractivity (Wildman–Crippen MR) is 66.9 cm³/mol. The predicted octanol–water partition coefficient (Wildman–Crippen LogP) is 0.890. The molecule has 1 atom stereocenters. The summed E-state index contributed by atoms with van der Waals surface area (Å²) >= 11 is 0. The number of amides is 1. The van der Waals surface area contributed by atoms with E-state index in [1.54, 1.807) is 6.92 Å². The summed E-state index contributed by atoms with van der Waals surface area (Å²) in [6.07, 6.45) is 1.14. The molecule has 1 aliphatic carbocycles. The van der Waals surface area contributed by atoms with E-state index in [2.05, 4.69) is 10.3 Å². The molecule has 0 saturated heterocycles. The maximum Gasteiger partial charge on any atom is 0.261 e. The molecule has 18 heavy (non-hydrogen) atoms. The molecule has 5 nitrogen and oxygen atoms in total. The summed E-state index contributed by atoms with van der Waals surface area (Å²) in [5, 5.41) is 2.56. The van der Waals surface area contributed by atoms with Crippen LogP contribution in [0.15, 0.2) is 10.9 Å². The molecule has 0 spiro atoms. The molecule has 0 fully saturated rings. The average molecular weight is 248 g/mol. The summed E-state index contributed by atoms with van der Waals surface area (Å²) in [5.41, 5.74) is 0.714. The summed E-state index contributed by atoms with van der Waals surface area (Å²) in [7, 11) is 0. The number of Topliss-reactive ketones (excluding diaryl/α,β-unsaturated/α-hetero) is 1. The molecule has 1 aliphatic rings. The maximum atomic E-state index is 11.9. The number of carbonyl (C=O) groups is 2. The molecule has 0 aromatic carbocycles. The summed E-state index contributed by atoms with van der Waals surface area (Å²) in [4.78, 5) is 38.0. The van der Waals surface area contributed by atoms with Crippen molar-refractivity contribution in [2.75, 3.05) is 6.54 Å². The van der Waals surface area contributed by atoms with Crippen LogP contribution in [0.2, 0.25) is 0 Å². The maximum absolute atomic E-state index is 11.9. The Balaban J connectivity index is 2.48. The van der Waals surface area contributed by atoms with Crippen LogP contribution in [0.25, 0.3) is 0 Å². The fraction of sp³-hybridized carbons (Fsp3) is 0.462. The number of nitrogens with one attached hydrogen (secondary N) is 2. The molecule has 1 unspecified atom stereocenters. The number of aromatic amines is 1. The quantitative estimate of drug-likeness (QED) is 0.815. The van der Waals surface area contributed by atoms with Crippen LogP contribution in [0.4, 0.5) is 0 Å². The lowest BCUT2D eigenvalue weighted by molar-refractivity contribution is 0.0951. The van der Waals surface area contributed by atoms with E-state index in [1.807, 2.05) is 6.92 Å². The van der Waals surface area contributed by atoms with Gasteiger partial charge in [-0.1, -0.05) is 6.92 Å². The first-order valence-corrected chi connectivity index (χ1v) is 6.10. The van der Waals surface area contributed by atoms with Crippen LogP contribution < -0.4 is 10.9 Å².